The molecule has 0 aromatic carbocycles. The zero-order valence-corrected chi connectivity index (χ0v) is 15.1. The van der Waals surface area contributed by atoms with Gasteiger partial charge >= 0.3 is 5.97 Å². The number of carbonyl (C=O) groups is 2. The van der Waals surface area contributed by atoms with Crippen molar-refractivity contribution in [1.29, 1.82) is 0 Å². The van der Waals surface area contributed by atoms with Gasteiger partial charge in [0.2, 0.25) is 0 Å². The van der Waals surface area contributed by atoms with Gasteiger partial charge in [0.05, 0.1) is 11.9 Å². The fourth-order valence-corrected chi connectivity index (χ4v) is 2.97. The average Bonchev–Trinajstić information content (AvgIpc) is 2.76. The van der Waals surface area contributed by atoms with Crippen molar-refractivity contribution >= 4 is 23.4 Å². The first kappa shape index (κ1) is 17.4. The SMILES string of the molecule is CC1=C(C(=O)Nc2ccc(N3CCN(C)CC3)cn2)C(=O)OC1(C)C. The second kappa shape index (κ2) is 6.48. The molecule has 0 radical (unpaired) electrons. The minimum absolute atomic E-state index is 0.0648. The van der Waals surface area contributed by atoms with Crippen LogP contribution in [0.1, 0.15) is 20.8 Å². The first-order chi connectivity index (χ1) is 11.8. The zero-order valence-electron chi connectivity index (χ0n) is 15.1. The Morgan fingerprint density at radius 2 is 1.92 bits per heavy atom. The number of aromatic nitrogens is 1. The lowest BCUT2D eigenvalue weighted by Gasteiger charge is -2.33. The highest BCUT2D eigenvalue weighted by Crippen LogP contribution is 2.32. The van der Waals surface area contributed by atoms with Crippen molar-refractivity contribution in [1.82, 2.24) is 9.88 Å². The molecule has 1 amide bonds. The molecule has 2 aliphatic rings. The number of amides is 1. The van der Waals surface area contributed by atoms with Crippen LogP contribution in [0.15, 0.2) is 29.5 Å². The number of ether oxygens (including phenoxy) is 1. The summed E-state index contributed by atoms with van der Waals surface area (Å²) in [4.78, 5) is 33.2. The van der Waals surface area contributed by atoms with Gasteiger partial charge in [0.15, 0.2) is 0 Å². The third-order valence-electron chi connectivity index (χ3n) is 4.92. The van der Waals surface area contributed by atoms with Crippen LogP contribution in [-0.4, -0.2) is 60.6 Å². The number of carbonyl (C=O) groups excluding carboxylic acids is 2. The van der Waals surface area contributed by atoms with Crippen LogP contribution in [0.5, 0.6) is 0 Å². The summed E-state index contributed by atoms with van der Waals surface area (Å²) in [5.74, 6) is -0.650. The molecule has 3 rings (SSSR count). The van der Waals surface area contributed by atoms with E-state index in [1.807, 2.05) is 6.07 Å². The van der Waals surface area contributed by atoms with Crippen LogP contribution in [0.4, 0.5) is 11.5 Å². The number of pyridine rings is 1. The normalized spacial score (nSPS) is 20.6. The fraction of sp³-hybridized carbons (Fsp3) is 0.500. The van der Waals surface area contributed by atoms with Crippen LogP contribution in [0.25, 0.3) is 0 Å². The number of likely N-dealkylation sites (N-methyl/N-ethyl adjacent to an activating group) is 1. The van der Waals surface area contributed by atoms with E-state index in [-0.39, 0.29) is 5.57 Å². The number of nitrogens with zero attached hydrogens (tertiary/aromatic N) is 3. The molecular weight excluding hydrogens is 320 g/mol. The van der Waals surface area contributed by atoms with Crippen LogP contribution < -0.4 is 10.2 Å². The van der Waals surface area contributed by atoms with Crippen molar-refractivity contribution in [3.8, 4) is 0 Å². The van der Waals surface area contributed by atoms with Crippen LogP contribution >= 0.6 is 0 Å². The van der Waals surface area contributed by atoms with Crippen molar-refractivity contribution in [3.05, 3.63) is 29.5 Å². The summed E-state index contributed by atoms with van der Waals surface area (Å²) in [7, 11) is 2.11. The van der Waals surface area contributed by atoms with E-state index in [4.69, 9.17) is 4.74 Å². The van der Waals surface area contributed by atoms with E-state index in [9.17, 15) is 9.59 Å². The van der Waals surface area contributed by atoms with Crippen LogP contribution in [-0.2, 0) is 14.3 Å². The Bertz CT molecular complexity index is 716. The molecule has 0 aliphatic carbocycles. The van der Waals surface area contributed by atoms with E-state index in [0.717, 1.165) is 31.9 Å². The monoisotopic (exact) mass is 344 g/mol. The minimum atomic E-state index is -0.748. The highest BCUT2D eigenvalue weighted by molar-refractivity contribution is 6.22. The maximum atomic E-state index is 12.4. The number of anilines is 2. The molecule has 1 saturated heterocycles. The quantitative estimate of drug-likeness (QED) is 0.660. The predicted octanol–water partition coefficient (Wildman–Crippen LogP) is 1.42. The fourth-order valence-electron chi connectivity index (χ4n) is 2.97. The lowest BCUT2D eigenvalue weighted by molar-refractivity contribution is -0.145. The van der Waals surface area contributed by atoms with Crippen LogP contribution in [0.3, 0.4) is 0 Å². The number of hydrogen-bond acceptors (Lipinski definition) is 6. The molecule has 0 atom stereocenters. The summed E-state index contributed by atoms with van der Waals surface area (Å²) in [6.45, 7) is 9.22. The molecule has 1 aromatic rings. The summed E-state index contributed by atoms with van der Waals surface area (Å²) in [6, 6.07) is 3.69. The molecule has 0 bridgehead atoms. The molecule has 1 aromatic heterocycles. The van der Waals surface area contributed by atoms with Crippen molar-refractivity contribution in [2.45, 2.75) is 26.4 Å². The van der Waals surface area contributed by atoms with Gasteiger partial charge in [0.25, 0.3) is 5.91 Å². The molecule has 1 N–H and O–H groups in total. The predicted molar refractivity (Wildman–Crippen MR) is 95.4 cm³/mol. The smallest absolute Gasteiger partial charge is 0.344 e. The van der Waals surface area contributed by atoms with Gasteiger partial charge in [-0.2, -0.15) is 0 Å². The van der Waals surface area contributed by atoms with Crippen LogP contribution in [0, 0.1) is 0 Å². The second-order valence-corrected chi connectivity index (χ2v) is 7.05. The Morgan fingerprint density at radius 3 is 2.44 bits per heavy atom. The summed E-state index contributed by atoms with van der Waals surface area (Å²) in [6.07, 6.45) is 1.75. The summed E-state index contributed by atoms with van der Waals surface area (Å²) in [5, 5.41) is 2.68. The second-order valence-electron chi connectivity index (χ2n) is 7.05. The topological polar surface area (TPSA) is 74.8 Å². The van der Waals surface area contributed by atoms with Gasteiger partial charge in [0, 0.05) is 26.2 Å². The Morgan fingerprint density at radius 1 is 1.24 bits per heavy atom. The van der Waals surface area contributed by atoms with E-state index < -0.39 is 17.5 Å². The molecule has 1 fully saturated rings. The van der Waals surface area contributed by atoms with Gasteiger partial charge in [0.1, 0.15) is 17.0 Å². The third kappa shape index (κ3) is 3.51. The molecule has 0 spiro atoms. The third-order valence-corrected chi connectivity index (χ3v) is 4.92. The Labute approximate surface area is 147 Å². The maximum absolute atomic E-state index is 12.4. The Hall–Kier alpha value is -2.41. The number of nitrogens with one attached hydrogen (secondary N) is 1. The van der Waals surface area contributed by atoms with Gasteiger partial charge in [-0.05, 0) is 45.5 Å². The standard InChI is InChI=1S/C18H24N4O3/c1-12-15(17(24)25-18(12,2)3)16(23)20-14-6-5-13(11-19-14)22-9-7-21(4)8-10-22/h5-6,11H,7-10H2,1-4H3,(H,19,20,23). The van der Waals surface area contributed by atoms with Crippen molar-refractivity contribution in [2.75, 3.05) is 43.4 Å². The number of cyclic esters (lactones) is 1. The Balaban J connectivity index is 1.69. The lowest BCUT2D eigenvalue weighted by Crippen LogP contribution is -2.44. The largest absolute Gasteiger partial charge is 0.451 e. The van der Waals surface area contributed by atoms with Crippen LogP contribution in [0.2, 0.25) is 0 Å². The molecule has 7 heteroatoms. The number of piperazine rings is 1. The minimum Gasteiger partial charge on any atom is -0.451 e. The van der Waals surface area contributed by atoms with E-state index in [1.54, 1.807) is 33.0 Å². The first-order valence-electron chi connectivity index (χ1n) is 8.43. The number of rotatable bonds is 3. The maximum Gasteiger partial charge on any atom is 0.344 e. The van der Waals surface area contributed by atoms with E-state index in [0.29, 0.717) is 11.4 Å². The molecule has 3 heterocycles. The van der Waals surface area contributed by atoms with Crippen molar-refractivity contribution in [2.24, 2.45) is 0 Å². The van der Waals surface area contributed by atoms with Gasteiger partial charge < -0.3 is 19.9 Å². The Kier molecular flexibility index (Phi) is 4.51. The highest BCUT2D eigenvalue weighted by Gasteiger charge is 2.41. The molecule has 0 unspecified atom stereocenters. The van der Waals surface area contributed by atoms with Gasteiger partial charge in [-0.15, -0.1) is 0 Å². The molecule has 0 saturated carbocycles. The van der Waals surface area contributed by atoms with Gasteiger partial charge in [-0.25, -0.2) is 9.78 Å². The molecule has 25 heavy (non-hydrogen) atoms. The van der Waals surface area contributed by atoms with E-state index in [1.165, 1.54) is 0 Å². The summed E-state index contributed by atoms with van der Waals surface area (Å²) in [5.41, 5.74) is 0.976. The molecule has 7 nitrogen and oxygen atoms in total. The molecule has 2 aliphatic heterocycles. The van der Waals surface area contributed by atoms with Crippen molar-refractivity contribution < 1.29 is 14.3 Å². The summed E-state index contributed by atoms with van der Waals surface area (Å²) >= 11 is 0. The number of esters is 1. The van der Waals surface area contributed by atoms with Gasteiger partial charge in [-0.1, -0.05) is 0 Å². The molecule has 134 valence electrons. The zero-order chi connectivity index (χ0) is 18.2. The van der Waals surface area contributed by atoms with Crippen molar-refractivity contribution in [3.63, 3.8) is 0 Å². The van der Waals surface area contributed by atoms with Gasteiger partial charge in [-0.3, -0.25) is 4.79 Å². The molecular formula is C18H24N4O3. The number of hydrogen-bond donors (Lipinski definition) is 1. The lowest BCUT2D eigenvalue weighted by atomic mass is 9.97. The highest BCUT2D eigenvalue weighted by atomic mass is 16.6. The first-order valence-corrected chi connectivity index (χ1v) is 8.43. The van der Waals surface area contributed by atoms with E-state index in [2.05, 4.69) is 27.1 Å². The average molecular weight is 344 g/mol. The van der Waals surface area contributed by atoms with E-state index >= 15 is 0 Å². The summed E-state index contributed by atoms with van der Waals surface area (Å²) < 4.78 is 5.23.